The second-order valence-corrected chi connectivity index (χ2v) is 6.67. The Balaban J connectivity index is 2.34. The van der Waals surface area contributed by atoms with Gasteiger partial charge in [-0.3, -0.25) is 0 Å². The van der Waals surface area contributed by atoms with Crippen molar-refractivity contribution in [3.8, 4) is 0 Å². The Morgan fingerprint density at radius 3 is 2.00 bits per heavy atom. The Morgan fingerprint density at radius 2 is 1.48 bits per heavy atom. The zero-order chi connectivity index (χ0) is 15.9. The Hall–Kier alpha value is -0.900. The molecular weight excluding hydrogens is 264 g/mol. The zero-order valence-electron chi connectivity index (χ0n) is 14.3. The molecule has 21 heavy (non-hydrogen) atoms. The molecule has 1 aromatic rings. The van der Waals surface area contributed by atoms with Gasteiger partial charge in [0.25, 0.3) is 0 Å². The molecule has 0 saturated carbocycles. The van der Waals surface area contributed by atoms with Crippen molar-refractivity contribution in [3.05, 3.63) is 35.4 Å². The zero-order valence-corrected chi connectivity index (χ0v) is 14.3. The van der Waals surface area contributed by atoms with Gasteiger partial charge in [-0.05, 0) is 30.4 Å². The molecule has 0 aliphatic rings. The van der Waals surface area contributed by atoms with Crippen LogP contribution in [0.2, 0.25) is 0 Å². The highest BCUT2D eigenvalue weighted by molar-refractivity contribution is 5.27. The van der Waals surface area contributed by atoms with Gasteiger partial charge in [0, 0.05) is 7.11 Å². The predicted molar refractivity (Wildman–Crippen MR) is 86.7 cm³/mol. The highest BCUT2D eigenvalue weighted by Crippen LogP contribution is 2.22. The molecule has 1 aromatic carbocycles. The van der Waals surface area contributed by atoms with E-state index in [1.54, 1.807) is 7.11 Å². The largest absolute Gasteiger partial charge is 0.382 e. The Kier molecular flexibility index (Phi) is 7.36. The molecule has 0 aliphatic heterocycles. The molecular formula is C18H30O3. The first-order valence-corrected chi connectivity index (χ1v) is 7.64. The van der Waals surface area contributed by atoms with Gasteiger partial charge in [0.15, 0.2) is 0 Å². The van der Waals surface area contributed by atoms with Gasteiger partial charge in [-0.25, -0.2) is 0 Å². The van der Waals surface area contributed by atoms with E-state index in [0.29, 0.717) is 19.8 Å². The second-order valence-electron chi connectivity index (χ2n) is 6.67. The molecule has 120 valence electrons. The third-order valence-corrected chi connectivity index (χ3v) is 3.37. The van der Waals surface area contributed by atoms with Crippen molar-refractivity contribution in [1.82, 2.24) is 0 Å². The van der Waals surface area contributed by atoms with E-state index < -0.39 is 0 Å². The van der Waals surface area contributed by atoms with Crippen LogP contribution in [0.25, 0.3) is 0 Å². The van der Waals surface area contributed by atoms with Crippen LogP contribution in [0.4, 0.5) is 0 Å². The van der Waals surface area contributed by atoms with Crippen molar-refractivity contribution in [2.24, 2.45) is 0 Å². The molecule has 0 heterocycles. The molecule has 3 nitrogen and oxygen atoms in total. The van der Waals surface area contributed by atoms with Crippen molar-refractivity contribution in [2.75, 3.05) is 20.3 Å². The summed E-state index contributed by atoms with van der Waals surface area (Å²) in [4.78, 5) is 0. The van der Waals surface area contributed by atoms with Crippen molar-refractivity contribution in [1.29, 1.82) is 0 Å². The van der Waals surface area contributed by atoms with Gasteiger partial charge < -0.3 is 14.2 Å². The Bertz CT molecular complexity index is 392. The highest BCUT2D eigenvalue weighted by atomic mass is 16.6. The maximum Gasteiger partial charge on any atom is 0.0785 e. The fourth-order valence-electron chi connectivity index (χ4n) is 1.97. The number of ether oxygens (including phenoxy) is 3. The van der Waals surface area contributed by atoms with Crippen LogP contribution in [-0.2, 0) is 26.2 Å². The lowest BCUT2D eigenvalue weighted by atomic mass is 9.87. The minimum absolute atomic E-state index is 0.0756. The first kappa shape index (κ1) is 18.1. The average molecular weight is 294 g/mol. The summed E-state index contributed by atoms with van der Waals surface area (Å²) in [6.45, 7) is 12.5. The average Bonchev–Trinajstić information content (AvgIpc) is 2.43. The van der Waals surface area contributed by atoms with Crippen molar-refractivity contribution >= 4 is 0 Å². The fraction of sp³-hybridized carbons (Fsp3) is 0.667. The molecule has 0 bridgehead atoms. The lowest BCUT2D eigenvalue weighted by molar-refractivity contribution is -0.0555. The molecule has 0 N–H and O–H groups in total. The second kappa shape index (κ2) is 8.52. The summed E-state index contributed by atoms with van der Waals surface area (Å²) < 4.78 is 16.5. The number of hydrogen-bond donors (Lipinski definition) is 0. The molecule has 1 rings (SSSR count). The van der Waals surface area contributed by atoms with Gasteiger partial charge in [-0.15, -0.1) is 0 Å². The van der Waals surface area contributed by atoms with Crippen LogP contribution >= 0.6 is 0 Å². The van der Waals surface area contributed by atoms with Crippen LogP contribution in [0, 0.1) is 0 Å². The number of benzene rings is 1. The summed E-state index contributed by atoms with van der Waals surface area (Å²) in [6, 6.07) is 8.64. The van der Waals surface area contributed by atoms with E-state index in [9.17, 15) is 0 Å². The van der Waals surface area contributed by atoms with Gasteiger partial charge in [0.2, 0.25) is 0 Å². The summed E-state index contributed by atoms with van der Waals surface area (Å²) >= 11 is 0. The normalized spacial score (nSPS) is 15.0. The Labute approximate surface area is 129 Å². The topological polar surface area (TPSA) is 27.7 Å². The summed E-state index contributed by atoms with van der Waals surface area (Å²) in [5.41, 5.74) is 2.73. The van der Waals surface area contributed by atoms with Crippen LogP contribution in [0.1, 0.15) is 45.7 Å². The maximum atomic E-state index is 5.82. The van der Waals surface area contributed by atoms with E-state index in [0.717, 1.165) is 0 Å². The summed E-state index contributed by atoms with van der Waals surface area (Å²) in [5, 5.41) is 0. The van der Waals surface area contributed by atoms with Crippen LogP contribution in [-0.4, -0.2) is 32.5 Å². The van der Waals surface area contributed by atoms with E-state index in [-0.39, 0.29) is 17.6 Å². The summed E-state index contributed by atoms with van der Waals surface area (Å²) in [7, 11) is 1.68. The summed E-state index contributed by atoms with van der Waals surface area (Å²) in [6.07, 6.45) is 0.179. The minimum atomic E-state index is 0.0756. The third-order valence-electron chi connectivity index (χ3n) is 3.37. The van der Waals surface area contributed by atoms with E-state index >= 15 is 0 Å². The lowest BCUT2D eigenvalue weighted by Crippen LogP contribution is -2.23. The van der Waals surface area contributed by atoms with Crippen LogP contribution < -0.4 is 0 Å². The van der Waals surface area contributed by atoms with Crippen molar-refractivity contribution in [3.63, 3.8) is 0 Å². The first-order valence-electron chi connectivity index (χ1n) is 7.64. The van der Waals surface area contributed by atoms with Gasteiger partial charge in [-0.2, -0.15) is 0 Å². The summed E-state index contributed by atoms with van der Waals surface area (Å²) in [5.74, 6) is 0. The van der Waals surface area contributed by atoms with Gasteiger partial charge in [-0.1, -0.05) is 45.0 Å². The molecule has 2 atom stereocenters. The molecule has 0 aromatic heterocycles. The highest BCUT2D eigenvalue weighted by Gasteiger charge is 2.13. The molecule has 0 spiro atoms. The quantitative estimate of drug-likeness (QED) is 0.727. The van der Waals surface area contributed by atoms with Crippen molar-refractivity contribution < 1.29 is 14.2 Å². The SMILES string of the molecule is COCC(C)OCC(C)OCc1ccc(C(C)(C)C)cc1. The number of methoxy groups -OCH3 is 1. The Morgan fingerprint density at radius 1 is 0.905 bits per heavy atom. The molecule has 0 fully saturated rings. The molecule has 0 aliphatic carbocycles. The van der Waals surface area contributed by atoms with Crippen LogP contribution in [0.5, 0.6) is 0 Å². The fourth-order valence-corrected chi connectivity index (χ4v) is 1.97. The standard InChI is InChI=1S/C18H30O3/c1-14(11-19-6)20-12-15(2)21-13-16-7-9-17(10-8-16)18(3,4)5/h7-10,14-15H,11-13H2,1-6H3. The number of hydrogen-bond acceptors (Lipinski definition) is 3. The molecule has 2 unspecified atom stereocenters. The monoisotopic (exact) mass is 294 g/mol. The molecule has 0 amide bonds. The van der Waals surface area contributed by atoms with E-state index in [4.69, 9.17) is 14.2 Å². The van der Waals surface area contributed by atoms with Crippen molar-refractivity contribution in [2.45, 2.75) is 58.8 Å². The molecule has 0 saturated heterocycles. The predicted octanol–water partition coefficient (Wildman–Crippen LogP) is 3.94. The smallest absolute Gasteiger partial charge is 0.0785 e. The van der Waals surface area contributed by atoms with Crippen LogP contribution in [0.3, 0.4) is 0 Å². The van der Waals surface area contributed by atoms with E-state index in [1.807, 2.05) is 13.8 Å². The lowest BCUT2D eigenvalue weighted by Gasteiger charge is -2.20. The van der Waals surface area contributed by atoms with E-state index in [2.05, 4.69) is 45.0 Å². The van der Waals surface area contributed by atoms with Gasteiger partial charge in [0.05, 0.1) is 32.0 Å². The third kappa shape index (κ3) is 7.07. The first-order chi connectivity index (χ1) is 9.82. The minimum Gasteiger partial charge on any atom is -0.382 e. The van der Waals surface area contributed by atoms with Crippen LogP contribution in [0.15, 0.2) is 24.3 Å². The van der Waals surface area contributed by atoms with E-state index in [1.165, 1.54) is 11.1 Å². The van der Waals surface area contributed by atoms with Gasteiger partial charge >= 0.3 is 0 Å². The molecule has 3 heteroatoms. The molecule has 0 radical (unpaired) electrons. The number of rotatable bonds is 8. The maximum absolute atomic E-state index is 5.82. The van der Waals surface area contributed by atoms with Gasteiger partial charge in [0.1, 0.15) is 0 Å².